The molecule has 0 aromatic heterocycles. The van der Waals surface area contributed by atoms with Crippen molar-refractivity contribution >= 4 is 23.2 Å². The van der Waals surface area contributed by atoms with E-state index in [0.717, 1.165) is 0 Å². The van der Waals surface area contributed by atoms with Crippen LogP contribution in [0.4, 0.5) is 11.4 Å². The molecule has 0 radical (unpaired) electrons. The van der Waals surface area contributed by atoms with Crippen LogP contribution in [0, 0.1) is 10.1 Å². The van der Waals surface area contributed by atoms with Crippen LogP contribution in [0.2, 0.25) is 0 Å². The number of benzene rings is 1. The number of hydrogen-bond donors (Lipinski definition) is 2. The second kappa shape index (κ2) is 6.21. The lowest BCUT2D eigenvalue weighted by Gasteiger charge is -2.26. The average molecular weight is 292 g/mol. The van der Waals surface area contributed by atoms with E-state index >= 15 is 0 Å². The largest absolute Gasteiger partial charge is 0.385 e. The summed E-state index contributed by atoms with van der Waals surface area (Å²) in [6, 6.07) is 4.31. The van der Waals surface area contributed by atoms with Crippen molar-refractivity contribution in [2.24, 2.45) is 0 Å². The van der Waals surface area contributed by atoms with Gasteiger partial charge in [-0.25, -0.2) is 0 Å². The molecule has 1 heterocycles. The number of nitro benzene ring substituents is 1. The van der Waals surface area contributed by atoms with Gasteiger partial charge < -0.3 is 15.5 Å². The number of amides is 2. The van der Waals surface area contributed by atoms with Gasteiger partial charge in [-0.15, -0.1) is 0 Å². The SMILES string of the molecule is CCNc1ccc([N+](=O)[O-])c(C(=O)N2CCNC(=O)C2)c1. The number of carbonyl (C=O) groups excluding carboxylic acids is 2. The van der Waals surface area contributed by atoms with Crippen LogP contribution in [-0.4, -0.2) is 47.8 Å². The van der Waals surface area contributed by atoms with Gasteiger partial charge in [0, 0.05) is 31.4 Å². The van der Waals surface area contributed by atoms with E-state index in [0.29, 0.717) is 25.3 Å². The Kier molecular flexibility index (Phi) is 4.36. The number of nitrogens with zero attached hydrogens (tertiary/aromatic N) is 2. The third-order valence-electron chi connectivity index (χ3n) is 3.13. The van der Waals surface area contributed by atoms with Crippen LogP contribution in [0.1, 0.15) is 17.3 Å². The summed E-state index contributed by atoms with van der Waals surface area (Å²) in [5.41, 5.74) is 0.369. The summed E-state index contributed by atoms with van der Waals surface area (Å²) in [7, 11) is 0. The zero-order chi connectivity index (χ0) is 15.4. The van der Waals surface area contributed by atoms with Gasteiger partial charge in [0.1, 0.15) is 5.56 Å². The molecule has 0 bridgehead atoms. The molecular formula is C13H16N4O4. The Labute approximate surface area is 121 Å². The summed E-state index contributed by atoms with van der Waals surface area (Å²) < 4.78 is 0. The fourth-order valence-electron chi connectivity index (χ4n) is 2.16. The number of piperazine rings is 1. The number of rotatable bonds is 4. The molecule has 1 aliphatic rings. The Morgan fingerprint density at radius 2 is 2.29 bits per heavy atom. The predicted octanol–water partition coefficient (Wildman–Crippen LogP) is 0.599. The van der Waals surface area contributed by atoms with E-state index in [2.05, 4.69) is 10.6 Å². The molecule has 112 valence electrons. The van der Waals surface area contributed by atoms with Gasteiger partial charge in [-0.2, -0.15) is 0 Å². The smallest absolute Gasteiger partial charge is 0.282 e. The van der Waals surface area contributed by atoms with Crippen LogP contribution in [-0.2, 0) is 4.79 Å². The topological polar surface area (TPSA) is 105 Å². The van der Waals surface area contributed by atoms with Gasteiger partial charge in [0.15, 0.2) is 0 Å². The Morgan fingerprint density at radius 1 is 1.52 bits per heavy atom. The maximum absolute atomic E-state index is 12.4. The molecule has 8 nitrogen and oxygen atoms in total. The quantitative estimate of drug-likeness (QED) is 0.624. The van der Waals surface area contributed by atoms with Gasteiger partial charge in [0.25, 0.3) is 11.6 Å². The zero-order valence-corrected chi connectivity index (χ0v) is 11.6. The first-order valence-electron chi connectivity index (χ1n) is 6.61. The third kappa shape index (κ3) is 3.28. The van der Waals surface area contributed by atoms with Crippen molar-refractivity contribution in [2.45, 2.75) is 6.92 Å². The van der Waals surface area contributed by atoms with E-state index in [1.165, 1.54) is 17.0 Å². The molecule has 0 saturated carbocycles. The minimum absolute atomic E-state index is 0.00634. The van der Waals surface area contributed by atoms with Crippen LogP contribution in [0.15, 0.2) is 18.2 Å². The maximum atomic E-state index is 12.4. The second-order valence-electron chi connectivity index (χ2n) is 4.60. The Balaban J connectivity index is 2.34. The number of hydrogen-bond acceptors (Lipinski definition) is 5. The molecule has 0 aliphatic carbocycles. The minimum Gasteiger partial charge on any atom is -0.385 e. The van der Waals surface area contributed by atoms with Gasteiger partial charge in [-0.3, -0.25) is 19.7 Å². The molecule has 2 N–H and O–H groups in total. The van der Waals surface area contributed by atoms with Crippen LogP contribution in [0.25, 0.3) is 0 Å². The van der Waals surface area contributed by atoms with Crippen molar-refractivity contribution in [3.63, 3.8) is 0 Å². The molecule has 0 spiro atoms. The number of anilines is 1. The van der Waals surface area contributed by atoms with Crippen molar-refractivity contribution in [3.8, 4) is 0 Å². The summed E-state index contributed by atoms with van der Waals surface area (Å²) in [6.45, 7) is 3.13. The van der Waals surface area contributed by atoms with Crippen molar-refractivity contribution in [1.29, 1.82) is 0 Å². The lowest BCUT2D eigenvalue weighted by Crippen LogP contribution is -2.50. The molecule has 1 fully saturated rings. The fraction of sp³-hybridized carbons (Fsp3) is 0.385. The van der Waals surface area contributed by atoms with Gasteiger partial charge >= 0.3 is 0 Å². The lowest BCUT2D eigenvalue weighted by atomic mass is 10.1. The monoisotopic (exact) mass is 292 g/mol. The molecule has 8 heteroatoms. The van der Waals surface area contributed by atoms with Crippen LogP contribution >= 0.6 is 0 Å². The van der Waals surface area contributed by atoms with Gasteiger partial charge in [-0.1, -0.05) is 0 Å². The van der Waals surface area contributed by atoms with Crippen molar-refractivity contribution in [3.05, 3.63) is 33.9 Å². The Morgan fingerprint density at radius 3 is 2.90 bits per heavy atom. The van der Waals surface area contributed by atoms with Crippen LogP contribution in [0.3, 0.4) is 0 Å². The highest BCUT2D eigenvalue weighted by Crippen LogP contribution is 2.24. The number of carbonyl (C=O) groups is 2. The molecule has 21 heavy (non-hydrogen) atoms. The molecule has 2 rings (SSSR count). The van der Waals surface area contributed by atoms with Gasteiger partial charge in [-0.05, 0) is 19.1 Å². The van der Waals surface area contributed by atoms with Crippen LogP contribution in [0.5, 0.6) is 0 Å². The first-order valence-corrected chi connectivity index (χ1v) is 6.61. The van der Waals surface area contributed by atoms with Gasteiger partial charge in [0.05, 0.1) is 11.5 Å². The Bertz CT molecular complexity index is 588. The first-order chi connectivity index (χ1) is 10.0. The zero-order valence-electron chi connectivity index (χ0n) is 11.6. The highest BCUT2D eigenvalue weighted by Gasteiger charge is 2.28. The van der Waals surface area contributed by atoms with Gasteiger partial charge in [0.2, 0.25) is 5.91 Å². The number of nitro groups is 1. The molecule has 1 saturated heterocycles. The van der Waals surface area contributed by atoms with E-state index < -0.39 is 10.8 Å². The molecule has 1 aromatic carbocycles. The highest BCUT2D eigenvalue weighted by atomic mass is 16.6. The van der Waals surface area contributed by atoms with Crippen molar-refractivity contribution < 1.29 is 14.5 Å². The molecule has 2 amide bonds. The highest BCUT2D eigenvalue weighted by molar-refractivity contribution is 6.01. The molecule has 1 aromatic rings. The maximum Gasteiger partial charge on any atom is 0.282 e. The summed E-state index contributed by atoms with van der Waals surface area (Å²) in [5.74, 6) is -0.767. The average Bonchev–Trinajstić information content (AvgIpc) is 2.46. The summed E-state index contributed by atoms with van der Waals surface area (Å²) in [5, 5.41) is 16.7. The van der Waals surface area contributed by atoms with E-state index in [1.807, 2.05) is 6.92 Å². The second-order valence-corrected chi connectivity index (χ2v) is 4.60. The first kappa shape index (κ1) is 14.8. The van der Waals surface area contributed by atoms with E-state index in [1.54, 1.807) is 6.07 Å². The summed E-state index contributed by atoms with van der Waals surface area (Å²) in [4.78, 5) is 35.6. The third-order valence-corrected chi connectivity index (χ3v) is 3.13. The molecule has 0 unspecified atom stereocenters. The molecule has 0 atom stereocenters. The standard InChI is InChI=1S/C13H16N4O4/c1-2-14-9-3-4-11(17(20)21)10(7-9)13(19)16-6-5-15-12(18)8-16/h3-4,7,14H,2,5-6,8H2,1H3,(H,15,18). The van der Waals surface area contributed by atoms with E-state index in [-0.39, 0.29) is 23.7 Å². The molecular weight excluding hydrogens is 276 g/mol. The normalized spacial score (nSPS) is 14.5. The number of nitrogens with one attached hydrogen (secondary N) is 2. The molecule has 1 aliphatic heterocycles. The van der Waals surface area contributed by atoms with Crippen molar-refractivity contribution in [2.75, 3.05) is 31.5 Å². The fourth-order valence-corrected chi connectivity index (χ4v) is 2.16. The minimum atomic E-state index is -0.590. The van der Waals surface area contributed by atoms with E-state index in [4.69, 9.17) is 0 Å². The lowest BCUT2D eigenvalue weighted by molar-refractivity contribution is -0.385. The van der Waals surface area contributed by atoms with Crippen molar-refractivity contribution in [1.82, 2.24) is 10.2 Å². The summed E-state index contributed by atoms with van der Waals surface area (Å²) >= 11 is 0. The van der Waals surface area contributed by atoms with E-state index in [9.17, 15) is 19.7 Å². The Hall–Kier alpha value is -2.64. The predicted molar refractivity (Wildman–Crippen MR) is 76.2 cm³/mol. The van der Waals surface area contributed by atoms with Crippen LogP contribution < -0.4 is 10.6 Å². The summed E-state index contributed by atoms with van der Waals surface area (Å²) in [6.07, 6.45) is 0.